The van der Waals surface area contributed by atoms with E-state index in [-0.39, 0.29) is 22.1 Å². The van der Waals surface area contributed by atoms with E-state index in [1.807, 2.05) is 18.2 Å². The van der Waals surface area contributed by atoms with Crippen LogP contribution in [0.4, 0.5) is 5.69 Å². The molecule has 0 bridgehead atoms. The summed E-state index contributed by atoms with van der Waals surface area (Å²) in [4.78, 5) is 24.2. The Kier molecular flexibility index (Phi) is 5.86. The van der Waals surface area contributed by atoms with Crippen molar-refractivity contribution in [1.29, 1.82) is 0 Å². The summed E-state index contributed by atoms with van der Waals surface area (Å²) in [6.45, 7) is 1.60. The van der Waals surface area contributed by atoms with Crippen LogP contribution >= 0.6 is 11.6 Å². The quantitative estimate of drug-likeness (QED) is 0.735. The van der Waals surface area contributed by atoms with E-state index in [1.165, 1.54) is 23.3 Å². The van der Waals surface area contributed by atoms with Crippen molar-refractivity contribution in [1.82, 2.24) is 0 Å². The number of anilines is 1. The molecular formula is C20H20ClNO5. The molecule has 0 aromatic heterocycles. The molecule has 2 aromatic rings. The van der Waals surface area contributed by atoms with Gasteiger partial charge in [-0.2, -0.15) is 0 Å². The Morgan fingerprint density at radius 2 is 1.96 bits per heavy atom. The second-order valence-electron chi connectivity index (χ2n) is 6.20. The van der Waals surface area contributed by atoms with Crippen molar-refractivity contribution in [2.75, 3.05) is 18.5 Å². The maximum absolute atomic E-state index is 12.2. The van der Waals surface area contributed by atoms with Gasteiger partial charge >= 0.3 is 5.97 Å². The lowest BCUT2D eigenvalue weighted by atomic mass is 10.1. The number of ether oxygens (including phenoxy) is 2. The number of carbonyl (C=O) groups is 2. The number of hydrogen-bond acceptors (Lipinski definition) is 5. The molecule has 0 spiro atoms. The Bertz CT molecular complexity index is 881. The number of fused-ring (bicyclic) bond motifs is 1. The number of phenolic OH excluding ortho intramolecular Hbond substituents is 1. The van der Waals surface area contributed by atoms with Crippen LogP contribution in [-0.4, -0.2) is 30.2 Å². The summed E-state index contributed by atoms with van der Waals surface area (Å²) in [7, 11) is 0. The summed E-state index contributed by atoms with van der Waals surface area (Å²) < 4.78 is 10.3. The van der Waals surface area contributed by atoms with Crippen LogP contribution in [0.5, 0.6) is 11.5 Å². The molecule has 1 aliphatic rings. The van der Waals surface area contributed by atoms with E-state index in [2.05, 4.69) is 5.32 Å². The molecule has 0 heterocycles. The average molecular weight is 390 g/mol. The van der Waals surface area contributed by atoms with E-state index in [1.54, 1.807) is 6.92 Å². The minimum Gasteiger partial charge on any atom is -0.503 e. The topological polar surface area (TPSA) is 84.9 Å². The number of amides is 1. The first-order valence-corrected chi connectivity index (χ1v) is 9.09. The van der Waals surface area contributed by atoms with Gasteiger partial charge in [0.2, 0.25) is 0 Å². The minimum absolute atomic E-state index is 0.0320. The van der Waals surface area contributed by atoms with Crippen molar-refractivity contribution in [2.24, 2.45) is 0 Å². The fraction of sp³-hybridized carbons (Fsp3) is 0.300. The van der Waals surface area contributed by atoms with Crippen molar-refractivity contribution >= 4 is 29.2 Å². The number of aromatic hydroxyl groups is 1. The highest BCUT2D eigenvalue weighted by molar-refractivity contribution is 6.32. The monoisotopic (exact) mass is 389 g/mol. The van der Waals surface area contributed by atoms with Crippen molar-refractivity contribution in [3.05, 3.63) is 52.0 Å². The fourth-order valence-corrected chi connectivity index (χ4v) is 3.23. The van der Waals surface area contributed by atoms with Crippen molar-refractivity contribution in [3.8, 4) is 11.5 Å². The highest BCUT2D eigenvalue weighted by atomic mass is 35.5. The van der Waals surface area contributed by atoms with Crippen molar-refractivity contribution in [2.45, 2.75) is 26.2 Å². The molecule has 2 aromatic carbocycles. The molecule has 0 fully saturated rings. The Morgan fingerprint density at radius 3 is 2.74 bits per heavy atom. The van der Waals surface area contributed by atoms with Gasteiger partial charge in [0.15, 0.2) is 18.1 Å². The minimum atomic E-state index is -0.734. The zero-order chi connectivity index (χ0) is 19.4. The molecular weight excluding hydrogens is 370 g/mol. The molecule has 0 unspecified atom stereocenters. The summed E-state index contributed by atoms with van der Waals surface area (Å²) in [5, 5.41) is 12.5. The number of carbonyl (C=O) groups excluding carboxylic acids is 2. The molecule has 3 rings (SSSR count). The maximum Gasteiger partial charge on any atom is 0.338 e. The van der Waals surface area contributed by atoms with Crippen LogP contribution in [0.25, 0.3) is 0 Å². The first kappa shape index (κ1) is 19.0. The Morgan fingerprint density at radius 1 is 1.19 bits per heavy atom. The largest absolute Gasteiger partial charge is 0.503 e. The first-order valence-electron chi connectivity index (χ1n) is 8.72. The number of hydrogen-bond donors (Lipinski definition) is 2. The molecule has 0 saturated carbocycles. The van der Waals surface area contributed by atoms with Crippen LogP contribution in [0.3, 0.4) is 0 Å². The maximum atomic E-state index is 12.2. The first-order chi connectivity index (χ1) is 13.0. The molecule has 2 N–H and O–H groups in total. The smallest absolute Gasteiger partial charge is 0.338 e. The average Bonchev–Trinajstić information content (AvgIpc) is 3.11. The van der Waals surface area contributed by atoms with Gasteiger partial charge in [-0.15, -0.1) is 0 Å². The molecule has 0 aliphatic heterocycles. The van der Waals surface area contributed by atoms with Gasteiger partial charge in [0, 0.05) is 5.69 Å². The fourth-order valence-electron chi connectivity index (χ4n) is 3.02. The second kappa shape index (κ2) is 8.31. The predicted octanol–water partition coefficient (Wildman–Crippen LogP) is 3.73. The standard InChI is InChI=1S/C20H20ClNO5/c1-2-26-17-10-14(9-16(21)19(17)24)20(25)27-11-18(23)22-15-7-6-12-4-3-5-13(12)8-15/h6-10,24H,2-5,11H2,1H3,(H,22,23). The molecule has 0 radical (unpaired) electrons. The Balaban J connectivity index is 1.59. The van der Waals surface area contributed by atoms with Crippen molar-refractivity contribution in [3.63, 3.8) is 0 Å². The number of nitrogens with one attached hydrogen (secondary N) is 1. The van der Waals surface area contributed by atoms with E-state index in [9.17, 15) is 14.7 Å². The SMILES string of the molecule is CCOc1cc(C(=O)OCC(=O)Nc2ccc3c(c2)CCC3)cc(Cl)c1O. The number of phenols is 1. The van der Waals surface area contributed by atoms with Crippen LogP contribution in [0.2, 0.25) is 5.02 Å². The molecule has 0 atom stereocenters. The third-order valence-electron chi connectivity index (χ3n) is 4.28. The number of benzene rings is 2. The lowest BCUT2D eigenvalue weighted by Crippen LogP contribution is -2.21. The van der Waals surface area contributed by atoms with Crippen LogP contribution in [0.15, 0.2) is 30.3 Å². The number of esters is 1. The Labute approximate surface area is 162 Å². The van der Waals surface area contributed by atoms with Gasteiger partial charge in [-0.1, -0.05) is 17.7 Å². The van der Waals surface area contributed by atoms with Gasteiger partial charge in [-0.05, 0) is 61.6 Å². The zero-order valence-corrected chi connectivity index (χ0v) is 15.6. The van der Waals surface area contributed by atoms with E-state index in [0.29, 0.717) is 12.3 Å². The van der Waals surface area contributed by atoms with E-state index in [0.717, 1.165) is 19.3 Å². The number of rotatable bonds is 6. The summed E-state index contributed by atoms with van der Waals surface area (Å²) >= 11 is 5.90. The van der Waals surface area contributed by atoms with Crippen LogP contribution in [0, 0.1) is 0 Å². The molecule has 142 valence electrons. The van der Waals surface area contributed by atoms with Gasteiger partial charge in [0.25, 0.3) is 5.91 Å². The second-order valence-corrected chi connectivity index (χ2v) is 6.61. The predicted molar refractivity (Wildman–Crippen MR) is 102 cm³/mol. The molecule has 1 amide bonds. The molecule has 7 heteroatoms. The number of halogens is 1. The third kappa shape index (κ3) is 4.52. The van der Waals surface area contributed by atoms with Gasteiger partial charge in [0.05, 0.1) is 17.2 Å². The molecule has 1 aliphatic carbocycles. The van der Waals surface area contributed by atoms with Crippen LogP contribution < -0.4 is 10.1 Å². The van der Waals surface area contributed by atoms with Gasteiger partial charge in [-0.25, -0.2) is 4.79 Å². The van der Waals surface area contributed by atoms with Gasteiger partial charge in [-0.3, -0.25) is 4.79 Å². The number of aryl methyl sites for hydroxylation is 2. The van der Waals surface area contributed by atoms with E-state index < -0.39 is 18.5 Å². The molecule has 27 heavy (non-hydrogen) atoms. The summed E-state index contributed by atoms with van der Waals surface area (Å²) in [5.74, 6) is -1.33. The van der Waals surface area contributed by atoms with Crippen molar-refractivity contribution < 1.29 is 24.2 Å². The van der Waals surface area contributed by atoms with Crippen LogP contribution in [-0.2, 0) is 22.4 Å². The summed E-state index contributed by atoms with van der Waals surface area (Å²) in [6.07, 6.45) is 3.21. The normalized spacial score (nSPS) is 12.4. The van der Waals surface area contributed by atoms with Crippen LogP contribution in [0.1, 0.15) is 34.8 Å². The van der Waals surface area contributed by atoms with E-state index in [4.69, 9.17) is 21.1 Å². The zero-order valence-electron chi connectivity index (χ0n) is 14.9. The summed E-state index contributed by atoms with van der Waals surface area (Å²) in [6, 6.07) is 8.40. The molecule has 0 saturated heterocycles. The lowest BCUT2D eigenvalue weighted by Gasteiger charge is -2.11. The lowest BCUT2D eigenvalue weighted by molar-refractivity contribution is -0.119. The third-order valence-corrected chi connectivity index (χ3v) is 4.57. The van der Waals surface area contributed by atoms with Gasteiger partial charge in [0.1, 0.15) is 0 Å². The Hall–Kier alpha value is -2.73. The van der Waals surface area contributed by atoms with Gasteiger partial charge < -0.3 is 19.9 Å². The van der Waals surface area contributed by atoms with E-state index >= 15 is 0 Å². The molecule has 6 nitrogen and oxygen atoms in total. The highest BCUT2D eigenvalue weighted by Crippen LogP contribution is 2.35. The highest BCUT2D eigenvalue weighted by Gasteiger charge is 2.17. The summed E-state index contributed by atoms with van der Waals surface area (Å²) in [5.41, 5.74) is 3.33.